The van der Waals surface area contributed by atoms with E-state index in [2.05, 4.69) is 20.7 Å². The summed E-state index contributed by atoms with van der Waals surface area (Å²) in [5, 5.41) is 0. The molecule has 102 valence electrons. The van der Waals surface area contributed by atoms with Gasteiger partial charge in [-0.2, -0.15) is 12.7 Å². The van der Waals surface area contributed by atoms with E-state index in [9.17, 15) is 8.42 Å². The quantitative estimate of drug-likeness (QED) is 0.830. The van der Waals surface area contributed by atoms with Gasteiger partial charge in [-0.25, -0.2) is 0 Å². The third-order valence-corrected chi connectivity index (χ3v) is 4.33. The van der Waals surface area contributed by atoms with Gasteiger partial charge in [-0.3, -0.25) is 4.72 Å². The zero-order chi connectivity index (χ0) is 13.8. The number of aryl methyl sites for hydroxylation is 1. The van der Waals surface area contributed by atoms with Crippen molar-refractivity contribution in [3.63, 3.8) is 0 Å². The summed E-state index contributed by atoms with van der Waals surface area (Å²) < 4.78 is 28.6. The minimum Gasteiger partial charge on any atom is -0.330 e. The number of hydrogen-bond acceptors (Lipinski definition) is 3. The van der Waals surface area contributed by atoms with Crippen LogP contribution in [-0.2, 0) is 10.2 Å². The van der Waals surface area contributed by atoms with Gasteiger partial charge in [0.15, 0.2) is 0 Å². The lowest BCUT2D eigenvalue weighted by Gasteiger charge is -2.18. The lowest BCUT2D eigenvalue weighted by Crippen LogP contribution is -2.34. The third kappa shape index (κ3) is 4.56. The molecule has 0 amide bonds. The molecule has 0 unspecified atom stereocenters. The lowest BCUT2D eigenvalue weighted by atomic mass is 10.2. The Morgan fingerprint density at radius 2 is 2.06 bits per heavy atom. The number of hydrogen-bond donors (Lipinski definition) is 2. The molecule has 1 aromatic rings. The van der Waals surface area contributed by atoms with E-state index in [1.165, 1.54) is 11.4 Å². The standard InChI is InChI=1S/C11H18BrN3O2S/c1-9-6-10(12)8-11(7-9)14-18(16,17)15(2)5-3-4-13/h6-8,14H,3-5,13H2,1-2H3. The molecule has 0 aliphatic carbocycles. The molecule has 0 aliphatic rings. The van der Waals surface area contributed by atoms with Gasteiger partial charge in [-0.05, 0) is 43.7 Å². The van der Waals surface area contributed by atoms with Crippen molar-refractivity contribution in [3.05, 3.63) is 28.2 Å². The Kier molecular flexibility index (Phi) is 5.58. The number of benzene rings is 1. The zero-order valence-corrected chi connectivity index (χ0v) is 12.9. The molecule has 0 fully saturated rings. The van der Waals surface area contributed by atoms with Crippen LogP contribution in [0.25, 0.3) is 0 Å². The van der Waals surface area contributed by atoms with E-state index in [0.717, 1.165) is 10.0 Å². The predicted octanol–water partition coefficient (Wildman–Crippen LogP) is 1.69. The van der Waals surface area contributed by atoms with Crippen molar-refractivity contribution in [2.45, 2.75) is 13.3 Å². The third-order valence-electron chi connectivity index (χ3n) is 2.38. The highest BCUT2D eigenvalue weighted by Gasteiger charge is 2.17. The van der Waals surface area contributed by atoms with Gasteiger partial charge in [-0.1, -0.05) is 15.9 Å². The van der Waals surface area contributed by atoms with E-state index in [-0.39, 0.29) is 0 Å². The van der Waals surface area contributed by atoms with Crippen molar-refractivity contribution in [3.8, 4) is 0 Å². The second-order valence-corrected chi connectivity index (χ2v) is 6.78. The van der Waals surface area contributed by atoms with Crippen LogP contribution in [-0.4, -0.2) is 32.9 Å². The highest BCUT2D eigenvalue weighted by Crippen LogP contribution is 2.20. The maximum absolute atomic E-state index is 12.0. The fraction of sp³-hybridized carbons (Fsp3) is 0.455. The molecule has 3 N–H and O–H groups in total. The van der Waals surface area contributed by atoms with Gasteiger partial charge in [0, 0.05) is 18.1 Å². The molecule has 18 heavy (non-hydrogen) atoms. The summed E-state index contributed by atoms with van der Waals surface area (Å²) in [7, 11) is -1.98. The normalized spacial score (nSPS) is 11.8. The summed E-state index contributed by atoms with van der Waals surface area (Å²) >= 11 is 3.33. The van der Waals surface area contributed by atoms with Gasteiger partial charge in [0.1, 0.15) is 0 Å². The van der Waals surface area contributed by atoms with Gasteiger partial charge < -0.3 is 5.73 Å². The number of nitrogens with zero attached hydrogens (tertiary/aromatic N) is 1. The van der Waals surface area contributed by atoms with Crippen molar-refractivity contribution >= 4 is 31.8 Å². The van der Waals surface area contributed by atoms with E-state index in [1.807, 2.05) is 13.0 Å². The van der Waals surface area contributed by atoms with E-state index in [1.54, 1.807) is 12.1 Å². The number of anilines is 1. The van der Waals surface area contributed by atoms with Crippen LogP contribution in [0.4, 0.5) is 5.69 Å². The maximum Gasteiger partial charge on any atom is 0.301 e. The topological polar surface area (TPSA) is 75.4 Å². The summed E-state index contributed by atoms with van der Waals surface area (Å²) in [6.45, 7) is 2.77. The van der Waals surface area contributed by atoms with Crippen LogP contribution >= 0.6 is 15.9 Å². The average Bonchev–Trinajstić information content (AvgIpc) is 2.23. The van der Waals surface area contributed by atoms with Crippen LogP contribution in [0.5, 0.6) is 0 Å². The number of nitrogens with two attached hydrogens (primary N) is 1. The minimum absolute atomic E-state index is 0.402. The van der Waals surface area contributed by atoms with Crippen LogP contribution in [0, 0.1) is 6.92 Å². The Morgan fingerprint density at radius 1 is 1.39 bits per heavy atom. The molecule has 0 atom stereocenters. The molecule has 0 aromatic heterocycles. The first-order valence-electron chi connectivity index (χ1n) is 5.56. The smallest absolute Gasteiger partial charge is 0.301 e. The van der Waals surface area contributed by atoms with Gasteiger partial charge in [0.05, 0.1) is 5.69 Å². The molecular weight excluding hydrogens is 318 g/mol. The van der Waals surface area contributed by atoms with Crippen molar-refractivity contribution < 1.29 is 8.42 Å². The number of halogens is 1. The SMILES string of the molecule is Cc1cc(Br)cc(NS(=O)(=O)N(C)CCCN)c1. The Bertz CT molecular complexity index is 485. The summed E-state index contributed by atoms with van der Waals surface area (Å²) in [4.78, 5) is 0. The number of nitrogens with one attached hydrogen (secondary N) is 1. The molecule has 0 saturated heterocycles. The Morgan fingerprint density at radius 3 is 2.61 bits per heavy atom. The molecule has 0 spiro atoms. The van der Waals surface area contributed by atoms with Gasteiger partial charge >= 0.3 is 10.2 Å². The summed E-state index contributed by atoms with van der Waals surface area (Å²) in [5.41, 5.74) is 6.89. The first kappa shape index (κ1) is 15.4. The molecule has 1 aromatic carbocycles. The summed E-state index contributed by atoms with van der Waals surface area (Å²) in [5.74, 6) is 0. The van der Waals surface area contributed by atoms with Crippen LogP contribution in [0.3, 0.4) is 0 Å². The van der Waals surface area contributed by atoms with Crippen molar-refractivity contribution in [1.82, 2.24) is 4.31 Å². The van der Waals surface area contributed by atoms with Gasteiger partial charge in [-0.15, -0.1) is 0 Å². The van der Waals surface area contributed by atoms with E-state index < -0.39 is 10.2 Å². The minimum atomic E-state index is -3.51. The second-order valence-electron chi connectivity index (χ2n) is 4.09. The molecule has 0 saturated carbocycles. The van der Waals surface area contributed by atoms with E-state index >= 15 is 0 Å². The number of rotatable bonds is 6. The van der Waals surface area contributed by atoms with Crippen LogP contribution in [0.1, 0.15) is 12.0 Å². The fourth-order valence-corrected chi connectivity index (χ4v) is 3.00. The highest BCUT2D eigenvalue weighted by molar-refractivity contribution is 9.10. The first-order chi connectivity index (χ1) is 8.35. The maximum atomic E-state index is 12.0. The summed E-state index contributed by atoms with van der Waals surface area (Å²) in [6, 6.07) is 5.41. The van der Waals surface area contributed by atoms with Crippen molar-refractivity contribution in [2.24, 2.45) is 5.73 Å². The lowest BCUT2D eigenvalue weighted by molar-refractivity contribution is 0.468. The Balaban J connectivity index is 2.81. The molecule has 0 bridgehead atoms. The van der Waals surface area contributed by atoms with E-state index in [4.69, 9.17) is 5.73 Å². The largest absolute Gasteiger partial charge is 0.330 e. The molecule has 0 aliphatic heterocycles. The Labute approximate surface area is 117 Å². The van der Waals surface area contributed by atoms with Crippen molar-refractivity contribution in [1.29, 1.82) is 0 Å². The predicted molar refractivity (Wildman–Crippen MR) is 77.7 cm³/mol. The molecule has 0 radical (unpaired) electrons. The summed E-state index contributed by atoms with van der Waals surface area (Å²) in [6.07, 6.45) is 0.634. The average molecular weight is 336 g/mol. The second kappa shape index (κ2) is 6.51. The van der Waals surface area contributed by atoms with Crippen molar-refractivity contribution in [2.75, 3.05) is 24.9 Å². The fourth-order valence-electron chi connectivity index (χ4n) is 1.46. The zero-order valence-electron chi connectivity index (χ0n) is 10.5. The van der Waals surface area contributed by atoms with Crippen LogP contribution in [0.2, 0.25) is 0 Å². The molecule has 7 heteroatoms. The monoisotopic (exact) mass is 335 g/mol. The van der Waals surface area contributed by atoms with E-state index in [0.29, 0.717) is 25.2 Å². The van der Waals surface area contributed by atoms with Crippen LogP contribution < -0.4 is 10.5 Å². The molecular formula is C11H18BrN3O2S. The van der Waals surface area contributed by atoms with Gasteiger partial charge in [0.2, 0.25) is 0 Å². The van der Waals surface area contributed by atoms with Gasteiger partial charge in [0.25, 0.3) is 0 Å². The molecule has 5 nitrogen and oxygen atoms in total. The first-order valence-corrected chi connectivity index (χ1v) is 7.80. The molecule has 0 heterocycles. The highest BCUT2D eigenvalue weighted by atomic mass is 79.9. The molecule has 1 rings (SSSR count). The Hall–Kier alpha value is -0.630. The van der Waals surface area contributed by atoms with Crippen LogP contribution in [0.15, 0.2) is 22.7 Å².